The molecule has 1 unspecified atom stereocenters. The zero-order valence-electron chi connectivity index (χ0n) is 12.3. The first-order valence-electron chi connectivity index (χ1n) is 7.68. The van der Waals surface area contributed by atoms with Crippen LogP contribution in [0.1, 0.15) is 44.1 Å². The molecule has 1 aliphatic rings. The molecular weight excluding hydrogens is 262 g/mol. The van der Waals surface area contributed by atoms with E-state index >= 15 is 0 Å². The minimum atomic E-state index is -0.923. The number of carbonyl (C=O) groups is 1. The van der Waals surface area contributed by atoms with Crippen LogP contribution >= 0.6 is 0 Å². The van der Waals surface area contributed by atoms with Crippen LogP contribution in [0.2, 0.25) is 0 Å². The third-order valence-corrected chi connectivity index (χ3v) is 3.69. The van der Waals surface area contributed by atoms with E-state index in [0.29, 0.717) is 6.04 Å². The topological polar surface area (TPSA) is 49.3 Å². The molecule has 3 heteroatoms. The van der Waals surface area contributed by atoms with Crippen LogP contribution in [0.5, 0.6) is 0 Å². The first-order chi connectivity index (χ1) is 10.2. The first kappa shape index (κ1) is 15.4. The Balaban J connectivity index is 1.95. The minimum absolute atomic E-state index is 0.392. The van der Waals surface area contributed by atoms with E-state index in [1.807, 2.05) is 24.3 Å². The van der Waals surface area contributed by atoms with Crippen LogP contribution in [0.15, 0.2) is 42.5 Å². The molecule has 0 aliphatic heterocycles. The average Bonchev–Trinajstić information content (AvgIpc) is 2.60. The molecule has 1 aromatic rings. The lowest BCUT2D eigenvalue weighted by molar-refractivity contribution is -0.131. The third-order valence-electron chi connectivity index (χ3n) is 3.69. The van der Waals surface area contributed by atoms with Gasteiger partial charge in [-0.3, -0.25) is 0 Å². The van der Waals surface area contributed by atoms with E-state index in [-0.39, 0.29) is 0 Å². The second kappa shape index (κ2) is 8.30. The number of aliphatic carboxylic acids is 1. The fourth-order valence-corrected chi connectivity index (χ4v) is 2.53. The molecule has 2 rings (SSSR count). The van der Waals surface area contributed by atoms with Gasteiger partial charge >= 0.3 is 5.97 Å². The number of carboxylic acids is 1. The molecule has 0 amide bonds. The number of hydrogen-bond acceptors (Lipinski definition) is 2. The molecule has 1 aliphatic carbocycles. The number of nitrogens with one attached hydrogen (secondary N) is 1. The Hall–Kier alpha value is -2.03. The summed E-state index contributed by atoms with van der Waals surface area (Å²) in [5, 5.41) is 12.2. The predicted octanol–water partition coefficient (Wildman–Crippen LogP) is 4.48. The van der Waals surface area contributed by atoms with Crippen molar-refractivity contribution in [3.63, 3.8) is 0 Å². The van der Waals surface area contributed by atoms with Gasteiger partial charge in [0, 0.05) is 17.8 Å². The van der Waals surface area contributed by atoms with Gasteiger partial charge in [-0.05, 0) is 43.0 Å². The number of carboxylic acid groups (broad SMARTS) is 1. The average molecular weight is 285 g/mol. The van der Waals surface area contributed by atoms with Crippen molar-refractivity contribution in [1.29, 1.82) is 0 Å². The summed E-state index contributed by atoms with van der Waals surface area (Å²) < 4.78 is 0. The normalized spacial score (nSPS) is 21.2. The van der Waals surface area contributed by atoms with E-state index in [1.54, 1.807) is 6.08 Å². The van der Waals surface area contributed by atoms with Crippen LogP contribution in [0, 0.1) is 0 Å². The molecule has 0 saturated carbocycles. The standard InChI is InChI=1S/C18H23NO2/c20-18(21)14-11-15-9-12-17(13-10-15)19-16-7-5-3-1-2-4-6-8-16/h5,7,9-14,16,19H,1-4,6,8H2,(H,20,21)/b7-5-,14-11?. The van der Waals surface area contributed by atoms with Crippen molar-refractivity contribution in [2.45, 2.75) is 44.6 Å². The maximum Gasteiger partial charge on any atom is 0.328 e. The summed E-state index contributed by atoms with van der Waals surface area (Å²) in [5.41, 5.74) is 1.98. The molecular formula is C18H23NO2. The zero-order valence-corrected chi connectivity index (χ0v) is 12.3. The monoisotopic (exact) mass is 285 g/mol. The second-order valence-electron chi connectivity index (χ2n) is 5.46. The van der Waals surface area contributed by atoms with Crippen LogP contribution in [-0.2, 0) is 4.79 Å². The maximum atomic E-state index is 10.5. The molecule has 0 heterocycles. The van der Waals surface area contributed by atoms with Crippen LogP contribution < -0.4 is 5.32 Å². The smallest absolute Gasteiger partial charge is 0.328 e. The highest BCUT2D eigenvalue weighted by molar-refractivity contribution is 5.85. The SMILES string of the molecule is O=C(O)C=Cc1ccc(NC2/C=C\CCCCCC2)cc1. The van der Waals surface area contributed by atoms with Gasteiger partial charge in [-0.1, -0.05) is 43.5 Å². The molecule has 0 bridgehead atoms. The van der Waals surface area contributed by atoms with Crippen LogP contribution in [0.25, 0.3) is 6.08 Å². The van der Waals surface area contributed by atoms with Gasteiger partial charge in [0.15, 0.2) is 0 Å². The van der Waals surface area contributed by atoms with Crippen LogP contribution in [0.3, 0.4) is 0 Å². The summed E-state index contributed by atoms with van der Waals surface area (Å²) in [4.78, 5) is 10.5. The zero-order chi connectivity index (χ0) is 14.9. The van der Waals surface area contributed by atoms with Gasteiger partial charge in [0.2, 0.25) is 0 Å². The second-order valence-corrected chi connectivity index (χ2v) is 5.46. The Bertz CT molecular complexity index is 502. The largest absolute Gasteiger partial charge is 0.478 e. The number of allylic oxidation sites excluding steroid dienone is 1. The van der Waals surface area contributed by atoms with Crippen molar-refractivity contribution in [2.24, 2.45) is 0 Å². The van der Waals surface area contributed by atoms with E-state index in [4.69, 9.17) is 5.11 Å². The van der Waals surface area contributed by atoms with Gasteiger partial charge in [0.1, 0.15) is 0 Å². The number of anilines is 1. The van der Waals surface area contributed by atoms with E-state index in [1.165, 1.54) is 32.1 Å². The highest BCUT2D eigenvalue weighted by Crippen LogP contribution is 2.17. The third kappa shape index (κ3) is 5.86. The fraction of sp³-hybridized carbons (Fsp3) is 0.389. The summed E-state index contributed by atoms with van der Waals surface area (Å²) in [7, 11) is 0. The summed E-state index contributed by atoms with van der Waals surface area (Å²) >= 11 is 0. The number of hydrogen-bond donors (Lipinski definition) is 2. The molecule has 0 fully saturated rings. The quantitative estimate of drug-likeness (QED) is 0.633. The molecule has 112 valence electrons. The van der Waals surface area contributed by atoms with Gasteiger partial charge in [-0.15, -0.1) is 0 Å². The fourth-order valence-electron chi connectivity index (χ4n) is 2.53. The molecule has 2 N–H and O–H groups in total. The van der Waals surface area contributed by atoms with Crippen molar-refractivity contribution in [3.8, 4) is 0 Å². The molecule has 1 aromatic carbocycles. The van der Waals surface area contributed by atoms with Gasteiger partial charge in [0.25, 0.3) is 0 Å². The van der Waals surface area contributed by atoms with Gasteiger partial charge in [-0.2, -0.15) is 0 Å². The summed E-state index contributed by atoms with van der Waals surface area (Å²) in [6.45, 7) is 0. The Labute approximate surface area is 126 Å². The van der Waals surface area contributed by atoms with Crippen molar-refractivity contribution in [2.75, 3.05) is 5.32 Å². The Morgan fingerprint density at radius 3 is 2.67 bits per heavy atom. The van der Waals surface area contributed by atoms with Gasteiger partial charge in [-0.25, -0.2) is 4.79 Å². The first-order valence-corrected chi connectivity index (χ1v) is 7.68. The van der Waals surface area contributed by atoms with Crippen molar-refractivity contribution < 1.29 is 9.90 Å². The summed E-state index contributed by atoms with van der Waals surface area (Å²) in [5.74, 6) is -0.923. The summed E-state index contributed by atoms with van der Waals surface area (Å²) in [6, 6.07) is 8.26. The Kier molecular flexibility index (Phi) is 6.07. The molecule has 0 saturated heterocycles. The van der Waals surface area contributed by atoms with E-state index in [2.05, 4.69) is 17.5 Å². The predicted molar refractivity (Wildman–Crippen MR) is 87.4 cm³/mol. The van der Waals surface area contributed by atoms with Crippen LogP contribution in [0.4, 0.5) is 5.69 Å². The molecule has 0 aromatic heterocycles. The lowest BCUT2D eigenvalue weighted by atomic mass is 10.1. The van der Waals surface area contributed by atoms with E-state index in [0.717, 1.165) is 23.7 Å². The van der Waals surface area contributed by atoms with Crippen molar-refractivity contribution in [3.05, 3.63) is 48.1 Å². The molecule has 0 radical (unpaired) electrons. The Morgan fingerprint density at radius 1 is 1.14 bits per heavy atom. The van der Waals surface area contributed by atoms with Gasteiger partial charge < -0.3 is 10.4 Å². The van der Waals surface area contributed by atoms with Gasteiger partial charge in [0.05, 0.1) is 0 Å². The Morgan fingerprint density at radius 2 is 1.90 bits per heavy atom. The van der Waals surface area contributed by atoms with E-state index in [9.17, 15) is 4.79 Å². The summed E-state index contributed by atoms with van der Waals surface area (Å²) in [6.07, 6.45) is 14.9. The number of rotatable bonds is 4. The maximum absolute atomic E-state index is 10.5. The molecule has 3 nitrogen and oxygen atoms in total. The van der Waals surface area contributed by atoms with Crippen LogP contribution in [-0.4, -0.2) is 17.1 Å². The molecule has 1 atom stereocenters. The van der Waals surface area contributed by atoms with Crippen molar-refractivity contribution in [1.82, 2.24) is 0 Å². The minimum Gasteiger partial charge on any atom is -0.478 e. The van der Waals surface area contributed by atoms with E-state index < -0.39 is 5.97 Å². The molecule has 21 heavy (non-hydrogen) atoms. The lowest BCUT2D eigenvalue weighted by Gasteiger charge is -2.16. The highest BCUT2D eigenvalue weighted by atomic mass is 16.4. The lowest BCUT2D eigenvalue weighted by Crippen LogP contribution is -2.16. The molecule has 0 spiro atoms. The number of benzene rings is 1. The van der Waals surface area contributed by atoms with Crippen molar-refractivity contribution >= 4 is 17.7 Å². The highest BCUT2D eigenvalue weighted by Gasteiger charge is 2.06.